The van der Waals surface area contributed by atoms with Crippen LogP contribution in [0.25, 0.3) is 11.1 Å². The minimum Gasteiger partial charge on any atom is -0.467 e. The van der Waals surface area contributed by atoms with Crippen molar-refractivity contribution in [2.45, 2.75) is 18.6 Å². The molecule has 0 aliphatic heterocycles. The second-order valence-corrected chi connectivity index (χ2v) is 5.44. The molecule has 24 heavy (non-hydrogen) atoms. The molecule has 2 rings (SSSR count). The molecule has 2 aromatic rings. The average molecular weight is 372 g/mol. The van der Waals surface area contributed by atoms with Crippen molar-refractivity contribution in [2.24, 2.45) is 5.73 Å². The monoisotopic (exact) mass is 371 g/mol. The van der Waals surface area contributed by atoms with Crippen molar-refractivity contribution >= 4 is 29.2 Å². The summed E-state index contributed by atoms with van der Waals surface area (Å²) < 4.78 is 18.0. The van der Waals surface area contributed by atoms with Gasteiger partial charge in [0.15, 0.2) is 0 Å². The number of carbonyl (C=O) groups excluding carboxylic acids is 1. The summed E-state index contributed by atoms with van der Waals surface area (Å²) in [6, 6.07) is 14.2. The van der Waals surface area contributed by atoms with Crippen LogP contribution in [0.3, 0.4) is 0 Å². The van der Waals surface area contributed by atoms with Gasteiger partial charge in [0, 0.05) is 11.4 Å². The van der Waals surface area contributed by atoms with E-state index >= 15 is 0 Å². The van der Waals surface area contributed by atoms with Crippen LogP contribution in [0.4, 0.5) is 4.39 Å². The number of hydrogen-bond donors (Lipinski definition) is 1. The van der Waals surface area contributed by atoms with E-state index in [1.165, 1.54) is 6.38 Å². The lowest BCUT2D eigenvalue weighted by molar-refractivity contribution is -0.147. The van der Waals surface area contributed by atoms with Crippen molar-refractivity contribution < 1.29 is 13.9 Å². The number of methoxy groups -OCH3 is 1. The summed E-state index contributed by atoms with van der Waals surface area (Å²) in [6.07, 6.45) is -0.0934. The molecule has 3 nitrogen and oxygen atoms in total. The van der Waals surface area contributed by atoms with Crippen LogP contribution in [0.5, 0.6) is 0 Å². The minimum absolute atomic E-state index is 0.256. The fraction of sp³-hybridized carbons (Fsp3) is 0.278. The van der Waals surface area contributed by atoms with Gasteiger partial charge in [-0.1, -0.05) is 48.0 Å². The highest BCUT2D eigenvalue weighted by Crippen LogP contribution is 2.23. The molecule has 0 aliphatic carbocycles. The summed E-state index contributed by atoms with van der Waals surface area (Å²) in [6.45, 7) is 0. The van der Waals surface area contributed by atoms with Gasteiger partial charge in [0.25, 0.3) is 0 Å². The van der Waals surface area contributed by atoms with E-state index in [0.717, 1.165) is 23.8 Å². The molecule has 0 spiro atoms. The molecule has 0 bridgehead atoms. The summed E-state index contributed by atoms with van der Waals surface area (Å²) in [4.78, 5) is 11.1. The highest BCUT2D eigenvalue weighted by molar-refractivity contribution is 6.30. The van der Waals surface area contributed by atoms with Gasteiger partial charge in [-0.3, -0.25) is 0 Å². The highest BCUT2D eigenvalue weighted by atomic mass is 35.5. The highest BCUT2D eigenvalue weighted by Gasteiger charge is 2.25. The van der Waals surface area contributed by atoms with Crippen LogP contribution in [-0.2, 0) is 16.0 Å². The molecule has 0 saturated heterocycles. The first-order chi connectivity index (χ1) is 11.5. The molecule has 0 aliphatic rings. The maximum Gasteiger partial charge on any atom is 0.342 e. The standard InChI is InChI=1S/C17H17ClFNO2.CH3Cl/c1-22-17(21)16(19)15(20)9-11-5-7-12(8-6-11)13-3-2-4-14(18)10-13;1-2/h2-8,10,15-16H,9,20H2,1H3;1H3/t15-,16-;/m1./s1. The number of nitrogens with two attached hydrogens (primary N) is 1. The number of hydrogen-bond acceptors (Lipinski definition) is 3. The first kappa shape index (κ1) is 20.4. The average Bonchev–Trinajstić information content (AvgIpc) is 2.62. The van der Waals surface area contributed by atoms with E-state index in [1.54, 1.807) is 0 Å². The molecule has 2 N–H and O–H groups in total. The molecular weight excluding hydrogens is 352 g/mol. The quantitative estimate of drug-likeness (QED) is 0.631. The number of esters is 1. The first-order valence-electron chi connectivity index (χ1n) is 7.21. The van der Waals surface area contributed by atoms with Gasteiger partial charge in [-0.2, -0.15) is 0 Å². The molecule has 130 valence electrons. The lowest BCUT2D eigenvalue weighted by Crippen LogP contribution is -2.39. The van der Waals surface area contributed by atoms with E-state index in [9.17, 15) is 9.18 Å². The third-order valence-corrected chi connectivity index (χ3v) is 3.62. The predicted octanol–water partition coefficient (Wildman–Crippen LogP) is 4.24. The van der Waals surface area contributed by atoms with Gasteiger partial charge in [0.2, 0.25) is 6.17 Å². The van der Waals surface area contributed by atoms with Crippen molar-refractivity contribution in [1.29, 1.82) is 0 Å². The molecule has 0 amide bonds. The number of benzene rings is 2. The molecule has 0 aromatic heterocycles. The first-order valence-corrected chi connectivity index (χ1v) is 8.35. The van der Waals surface area contributed by atoms with Crippen molar-refractivity contribution in [3.8, 4) is 11.1 Å². The van der Waals surface area contributed by atoms with Crippen LogP contribution in [0.2, 0.25) is 5.02 Å². The van der Waals surface area contributed by atoms with E-state index in [4.69, 9.17) is 17.3 Å². The number of ether oxygens (including phenoxy) is 1. The van der Waals surface area contributed by atoms with Gasteiger partial charge >= 0.3 is 5.97 Å². The van der Waals surface area contributed by atoms with E-state index in [1.807, 2.05) is 48.5 Å². The summed E-state index contributed by atoms with van der Waals surface area (Å²) in [5, 5.41) is 0.668. The zero-order chi connectivity index (χ0) is 18.1. The van der Waals surface area contributed by atoms with Gasteiger partial charge in [-0.15, -0.1) is 11.6 Å². The van der Waals surface area contributed by atoms with Crippen LogP contribution in [0, 0.1) is 0 Å². The zero-order valence-electron chi connectivity index (χ0n) is 13.5. The molecule has 0 unspecified atom stereocenters. The van der Waals surface area contributed by atoms with Gasteiger partial charge in [-0.05, 0) is 35.2 Å². The molecule has 0 radical (unpaired) electrons. The molecule has 6 heteroatoms. The summed E-state index contributed by atoms with van der Waals surface area (Å²) in [5.74, 6) is -0.942. The van der Waals surface area contributed by atoms with Crippen molar-refractivity contribution in [2.75, 3.05) is 13.5 Å². The van der Waals surface area contributed by atoms with Crippen molar-refractivity contribution in [1.82, 2.24) is 0 Å². The third-order valence-electron chi connectivity index (χ3n) is 3.39. The van der Waals surface area contributed by atoms with Crippen LogP contribution in [0.1, 0.15) is 5.56 Å². The lowest BCUT2D eigenvalue weighted by Gasteiger charge is -2.15. The molecule has 0 saturated carbocycles. The Labute approximate surface area is 151 Å². The Morgan fingerprint density at radius 2 is 1.79 bits per heavy atom. The number of rotatable bonds is 5. The Morgan fingerprint density at radius 1 is 1.17 bits per heavy atom. The second-order valence-electron chi connectivity index (χ2n) is 5.00. The number of alkyl halides is 2. The van der Waals surface area contributed by atoms with E-state index in [-0.39, 0.29) is 6.42 Å². The van der Waals surface area contributed by atoms with Crippen LogP contribution < -0.4 is 5.73 Å². The molecule has 0 fully saturated rings. The molecule has 0 heterocycles. The van der Waals surface area contributed by atoms with E-state index in [0.29, 0.717) is 5.02 Å². The third kappa shape index (κ3) is 5.78. The zero-order valence-corrected chi connectivity index (χ0v) is 15.0. The Hall–Kier alpha value is -1.62. The normalized spacial score (nSPS) is 12.6. The maximum absolute atomic E-state index is 13.7. The Kier molecular flexibility index (Phi) is 8.76. The van der Waals surface area contributed by atoms with Crippen LogP contribution in [-0.4, -0.2) is 31.7 Å². The fourth-order valence-electron chi connectivity index (χ4n) is 2.16. The van der Waals surface area contributed by atoms with Gasteiger partial charge in [-0.25, -0.2) is 9.18 Å². The summed E-state index contributed by atoms with van der Waals surface area (Å²) in [7, 11) is 1.14. The maximum atomic E-state index is 13.7. The summed E-state index contributed by atoms with van der Waals surface area (Å²) >= 11 is 10.6. The van der Waals surface area contributed by atoms with Crippen molar-refractivity contribution in [3.05, 3.63) is 59.1 Å². The summed E-state index contributed by atoms with van der Waals surface area (Å²) in [5.41, 5.74) is 8.56. The smallest absolute Gasteiger partial charge is 0.342 e. The minimum atomic E-state index is -1.82. The largest absolute Gasteiger partial charge is 0.467 e. The predicted molar refractivity (Wildman–Crippen MR) is 97.3 cm³/mol. The lowest BCUT2D eigenvalue weighted by atomic mass is 9.99. The van der Waals surface area contributed by atoms with Gasteiger partial charge < -0.3 is 10.5 Å². The SMILES string of the molecule is CCl.COC(=O)[C@H](F)[C@H](N)Cc1ccc(-c2cccc(Cl)c2)cc1. The fourth-order valence-corrected chi connectivity index (χ4v) is 2.35. The van der Waals surface area contributed by atoms with E-state index < -0.39 is 18.2 Å². The Morgan fingerprint density at radius 3 is 2.33 bits per heavy atom. The van der Waals surface area contributed by atoms with E-state index in [2.05, 4.69) is 16.3 Å². The molecule has 2 aromatic carbocycles. The number of halogens is 3. The number of carbonyl (C=O) groups is 1. The van der Waals surface area contributed by atoms with Gasteiger partial charge in [0.1, 0.15) is 0 Å². The van der Waals surface area contributed by atoms with Gasteiger partial charge in [0.05, 0.1) is 13.2 Å². The molecule has 2 atom stereocenters. The van der Waals surface area contributed by atoms with Crippen molar-refractivity contribution in [3.63, 3.8) is 0 Å². The second kappa shape index (κ2) is 10.3. The Balaban J connectivity index is 0.00000139. The molecular formula is C18H20Cl2FNO2. The Bertz CT molecular complexity index is 650. The van der Waals surface area contributed by atoms with Crippen LogP contribution in [0.15, 0.2) is 48.5 Å². The van der Waals surface area contributed by atoms with Crippen LogP contribution >= 0.6 is 23.2 Å². The topological polar surface area (TPSA) is 52.3 Å².